The molecule has 114 valence electrons. The van der Waals surface area contributed by atoms with E-state index in [4.69, 9.17) is 22.2 Å². The molecule has 1 aromatic carbocycles. The number of rotatable bonds is 7. The molecule has 2 atom stereocenters. The van der Waals surface area contributed by atoms with Crippen molar-refractivity contribution >= 4 is 11.6 Å². The fourth-order valence-electron chi connectivity index (χ4n) is 2.18. The molecule has 2 aromatic rings. The Kier molecular flexibility index (Phi) is 5.55. The number of ether oxygens (including phenoxy) is 1. The van der Waals surface area contributed by atoms with Gasteiger partial charge in [0.15, 0.2) is 0 Å². The molecule has 0 bridgehead atoms. The van der Waals surface area contributed by atoms with Crippen LogP contribution in [0.1, 0.15) is 32.0 Å². The highest BCUT2D eigenvalue weighted by atomic mass is 35.5. The lowest BCUT2D eigenvalue weighted by atomic mass is 10.1. The molecule has 21 heavy (non-hydrogen) atoms. The van der Waals surface area contributed by atoms with E-state index >= 15 is 0 Å². The molecular formula is C14H20ClN5O. The molecule has 0 spiro atoms. The van der Waals surface area contributed by atoms with Crippen molar-refractivity contribution in [2.24, 2.45) is 5.84 Å². The van der Waals surface area contributed by atoms with Gasteiger partial charge in [-0.1, -0.05) is 29.8 Å². The molecule has 0 fully saturated rings. The van der Waals surface area contributed by atoms with Crippen LogP contribution in [0.4, 0.5) is 0 Å². The lowest BCUT2D eigenvalue weighted by Crippen LogP contribution is -2.39. The van der Waals surface area contributed by atoms with Crippen LogP contribution in [0.5, 0.6) is 5.75 Å². The Morgan fingerprint density at radius 2 is 2.29 bits per heavy atom. The number of halogens is 1. The molecule has 2 unspecified atom stereocenters. The van der Waals surface area contributed by atoms with E-state index in [1.165, 1.54) is 0 Å². The van der Waals surface area contributed by atoms with Gasteiger partial charge in [0.2, 0.25) is 0 Å². The largest absolute Gasteiger partial charge is 0.489 e. The van der Waals surface area contributed by atoms with E-state index in [1.807, 2.05) is 23.7 Å². The molecule has 2 rings (SSSR count). The van der Waals surface area contributed by atoms with Crippen LogP contribution in [-0.4, -0.2) is 21.1 Å². The van der Waals surface area contributed by atoms with Gasteiger partial charge in [0.1, 0.15) is 17.9 Å². The van der Waals surface area contributed by atoms with E-state index < -0.39 is 0 Å². The van der Waals surface area contributed by atoms with Crippen molar-refractivity contribution in [3.8, 4) is 5.75 Å². The highest BCUT2D eigenvalue weighted by molar-refractivity contribution is 6.30. The summed E-state index contributed by atoms with van der Waals surface area (Å²) in [6.07, 6.45) is 2.47. The molecule has 3 N–H and O–H groups in total. The zero-order chi connectivity index (χ0) is 15.2. The number of nitrogens with one attached hydrogen (secondary N) is 1. The first-order valence-corrected chi connectivity index (χ1v) is 7.30. The Hall–Kier alpha value is -1.63. The third-order valence-electron chi connectivity index (χ3n) is 3.17. The normalized spacial score (nSPS) is 13.9. The number of hydrazine groups is 1. The van der Waals surface area contributed by atoms with Crippen molar-refractivity contribution < 1.29 is 4.74 Å². The second-order valence-corrected chi connectivity index (χ2v) is 5.24. The lowest BCUT2D eigenvalue weighted by Gasteiger charge is -2.24. The first kappa shape index (κ1) is 15.8. The van der Waals surface area contributed by atoms with Crippen molar-refractivity contribution in [2.45, 2.75) is 39.0 Å². The molecular weight excluding hydrogens is 290 g/mol. The van der Waals surface area contributed by atoms with E-state index in [-0.39, 0.29) is 12.1 Å². The second-order valence-electron chi connectivity index (χ2n) is 4.81. The minimum atomic E-state index is -0.217. The molecule has 7 heteroatoms. The van der Waals surface area contributed by atoms with Crippen molar-refractivity contribution in [1.82, 2.24) is 20.4 Å². The molecule has 0 saturated carbocycles. The minimum absolute atomic E-state index is 0.206. The van der Waals surface area contributed by atoms with Gasteiger partial charge in [-0.2, -0.15) is 0 Å². The fourth-order valence-corrected chi connectivity index (χ4v) is 2.36. The van der Waals surface area contributed by atoms with E-state index in [1.54, 1.807) is 18.3 Å². The van der Waals surface area contributed by atoms with Crippen LogP contribution in [0.3, 0.4) is 0 Å². The number of hydrogen-bond acceptors (Lipinski definition) is 5. The Bertz CT molecular complexity index is 574. The summed E-state index contributed by atoms with van der Waals surface area (Å²) in [5.74, 6) is 6.39. The summed E-state index contributed by atoms with van der Waals surface area (Å²) in [5.41, 5.74) is 3.68. The Labute approximate surface area is 129 Å². The van der Waals surface area contributed by atoms with Crippen LogP contribution in [0.15, 0.2) is 30.5 Å². The molecule has 6 nitrogen and oxygen atoms in total. The summed E-state index contributed by atoms with van der Waals surface area (Å²) in [4.78, 5) is 0. The first-order chi connectivity index (χ1) is 10.2. The molecule has 0 aliphatic carbocycles. The summed E-state index contributed by atoms with van der Waals surface area (Å²) in [5, 5.41) is 8.66. The zero-order valence-electron chi connectivity index (χ0n) is 12.2. The lowest BCUT2D eigenvalue weighted by molar-refractivity contribution is 0.165. The van der Waals surface area contributed by atoms with E-state index in [0.29, 0.717) is 10.8 Å². The van der Waals surface area contributed by atoms with Crippen LogP contribution < -0.4 is 16.0 Å². The summed E-state index contributed by atoms with van der Waals surface area (Å²) in [7, 11) is 0. The van der Waals surface area contributed by atoms with Gasteiger partial charge in [0.05, 0.1) is 11.9 Å². The highest BCUT2D eigenvalue weighted by Gasteiger charge is 2.24. The average Bonchev–Trinajstić information content (AvgIpc) is 2.88. The maximum atomic E-state index is 5.96. The minimum Gasteiger partial charge on any atom is -0.489 e. The predicted octanol–water partition coefficient (Wildman–Crippen LogP) is 2.31. The Balaban J connectivity index is 2.14. The summed E-state index contributed by atoms with van der Waals surface area (Å²) < 4.78 is 7.74. The summed E-state index contributed by atoms with van der Waals surface area (Å²) >= 11 is 5.96. The van der Waals surface area contributed by atoms with Gasteiger partial charge in [0, 0.05) is 11.6 Å². The van der Waals surface area contributed by atoms with Gasteiger partial charge < -0.3 is 4.74 Å². The number of hydrogen-bond donors (Lipinski definition) is 2. The van der Waals surface area contributed by atoms with Gasteiger partial charge in [-0.25, -0.2) is 10.1 Å². The van der Waals surface area contributed by atoms with Crippen molar-refractivity contribution in [3.05, 3.63) is 41.2 Å². The van der Waals surface area contributed by atoms with Crippen molar-refractivity contribution in [3.63, 3.8) is 0 Å². The average molecular weight is 310 g/mol. The summed E-state index contributed by atoms with van der Waals surface area (Å²) in [6, 6.07) is 7.06. The van der Waals surface area contributed by atoms with Crippen LogP contribution in [0, 0.1) is 0 Å². The molecule has 0 aliphatic rings. The monoisotopic (exact) mass is 309 g/mol. The number of nitrogens with two attached hydrogens (primary N) is 1. The number of benzene rings is 1. The molecule has 0 radical (unpaired) electrons. The van der Waals surface area contributed by atoms with Gasteiger partial charge in [-0.15, -0.1) is 5.10 Å². The van der Waals surface area contributed by atoms with Gasteiger partial charge in [-0.3, -0.25) is 5.84 Å². The van der Waals surface area contributed by atoms with Gasteiger partial charge in [0.25, 0.3) is 0 Å². The predicted molar refractivity (Wildman–Crippen MR) is 81.9 cm³/mol. The third-order valence-corrected chi connectivity index (χ3v) is 3.40. The third kappa shape index (κ3) is 3.93. The molecule has 1 aromatic heterocycles. The van der Waals surface area contributed by atoms with E-state index in [9.17, 15) is 0 Å². The zero-order valence-corrected chi connectivity index (χ0v) is 12.9. The topological polar surface area (TPSA) is 78.0 Å². The van der Waals surface area contributed by atoms with Crippen LogP contribution >= 0.6 is 11.6 Å². The number of aryl methyl sites for hydroxylation is 1. The smallest absolute Gasteiger partial charge is 0.121 e. The Morgan fingerprint density at radius 3 is 2.95 bits per heavy atom. The maximum Gasteiger partial charge on any atom is 0.121 e. The first-order valence-electron chi connectivity index (χ1n) is 6.92. The van der Waals surface area contributed by atoms with Crippen molar-refractivity contribution in [2.75, 3.05) is 0 Å². The maximum absolute atomic E-state index is 5.96. The molecule has 0 saturated heterocycles. The second kappa shape index (κ2) is 7.40. The molecule has 1 heterocycles. The van der Waals surface area contributed by atoms with E-state index in [2.05, 4.69) is 22.7 Å². The quantitative estimate of drug-likeness (QED) is 0.606. The molecule has 0 amide bonds. The standard InChI is InChI=1S/C14H20ClN5O/c1-3-7-20-13(9-17-19-20)14(18-16)10(2)21-12-6-4-5-11(15)8-12/h4-6,8-10,14,18H,3,7,16H2,1-2H3. The number of aromatic nitrogens is 3. The molecule has 0 aliphatic heterocycles. The van der Waals surface area contributed by atoms with Gasteiger partial charge in [-0.05, 0) is 31.5 Å². The number of nitrogens with zero attached hydrogens (tertiary/aromatic N) is 3. The van der Waals surface area contributed by atoms with Crippen molar-refractivity contribution in [1.29, 1.82) is 0 Å². The van der Waals surface area contributed by atoms with Gasteiger partial charge >= 0.3 is 0 Å². The Morgan fingerprint density at radius 1 is 1.48 bits per heavy atom. The fraction of sp³-hybridized carbons (Fsp3) is 0.429. The van der Waals surface area contributed by atoms with Crippen LogP contribution in [0.25, 0.3) is 0 Å². The highest BCUT2D eigenvalue weighted by Crippen LogP contribution is 2.23. The summed E-state index contributed by atoms with van der Waals surface area (Å²) in [6.45, 7) is 4.81. The van der Waals surface area contributed by atoms with Crippen LogP contribution in [0.2, 0.25) is 5.02 Å². The SMILES string of the molecule is CCCn1nncc1C(NN)C(C)Oc1cccc(Cl)c1. The van der Waals surface area contributed by atoms with Crippen LogP contribution in [-0.2, 0) is 6.54 Å². The van der Waals surface area contributed by atoms with E-state index in [0.717, 1.165) is 18.7 Å².